The molecule has 2 aromatic rings. The Labute approximate surface area is 190 Å². The monoisotopic (exact) mass is 512 g/mol. The van der Waals surface area contributed by atoms with Crippen LogP contribution in [0, 0.1) is 0 Å². The molecule has 3 rings (SSSR count). The standard InChI is InChI=1S/C22H32N4O2.HI/c1-3-23-21(24-17-22(2,27)20-12-8-14-28-20)25-19-11-7-13-26(16-19)15-18-9-5-4-6-10-18;/h4-6,8-10,12,14,19,27H,3,7,11,13,15-17H2,1-2H3,(H2,23,24,25);1H. The van der Waals surface area contributed by atoms with Gasteiger partial charge in [0.1, 0.15) is 11.4 Å². The molecule has 2 heterocycles. The minimum Gasteiger partial charge on any atom is -0.466 e. The van der Waals surface area contributed by atoms with Gasteiger partial charge in [-0.15, -0.1) is 24.0 Å². The molecule has 0 radical (unpaired) electrons. The Hall–Kier alpha value is -1.58. The molecule has 1 aliphatic heterocycles. The molecule has 0 saturated carbocycles. The number of rotatable bonds is 7. The lowest BCUT2D eigenvalue weighted by Gasteiger charge is -2.34. The fourth-order valence-corrected chi connectivity index (χ4v) is 3.57. The predicted molar refractivity (Wildman–Crippen MR) is 128 cm³/mol. The molecule has 0 amide bonds. The van der Waals surface area contributed by atoms with Gasteiger partial charge in [0.25, 0.3) is 0 Å². The van der Waals surface area contributed by atoms with Gasteiger partial charge in [0.15, 0.2) is 5.96 Å². The van der Waals surface area contributed by atoms with E-state index in [1.807, 2.05) is 6.92 Å². The van der Waals surface area contributed by atoms with Crippen molar-refractivity contribution < 1.29 is 9.52 Å². The van der Waals surface area contributed by atoms with Crippen LogP contribution in [-0.4, -0.2) is 48.2 Å². The van der Waals surface area contributed by atoms with Crippen molar-refractivity contribution in [1.29, 1.82) is 0 Å². The number of guanidine groups is 1. The third kappa shape index (κ3) is 7.31. The SMILES string of the molecule is CCNC(=NCC(C)(O)c1ccco1)NC1CCCN(Cc2ccccc2)C1.I. The average molecular weight is 512 g/mol. The van der Waals surface area contributed by atoms with Crippen molar-refractivity contribution in [3.63, 3.8) is 0 Å². The molecule has 7 heteroatoms. The third-order valence-electron chi connectivity index (χ3n) is 5.04. The Kier molecular flexibility index (Phi) is 9.45. The van der Waals surface area contributed by atoms with Crippen LogP contribution in [-0.2, 0) is 12.1 Å². The van der Waals surface area contributed by atoms with Gasteiger partial charge < -0.3 is 20.2 Å². The van der Waals surface area contributed by atoms with Crippen molar-refractivity contribution in [2.24, 2.45) is 4.99 Å². The van der Waals surface area contributed by atoms with Crippen LogP contribution in [0.2, 0.25) is 0 Å². The minimum atomic E-state index is -1.13. The minimum absolute atomic E-state index is 0. The molecule has 6 nitrogen and oxygen atoms in total. The summed E-state index contributed by atoms with van der Waals surface area (Å²) in [6, 6.07) is 14.5. The van der Waals surface area contributed by atoms with Crippen LogP contribution in [0.1, 0.15) is 38.0 Å². The van der Waals surface area contributed by atoms with Gasteiger partial charge >= 0.3 is 0 Å². The summed E-state index contributed by atoms with van der Waals surface area (Å²) in [4.78, 5) is 7.10. The topological polar surface area (TPSA) is 73.0 Å². The third-order valence-corrected chi connectivity index (χ3v) is 5.04. The lowest BCUT2D eigenvalue weighted by Crippen LogP contribution is -2.51. The van der Waals surface area contributed by atoms with Crippen LogP contribution in [0.3, 0.4) is 0 Å². The van der Waals surface area contributed by atoms with Gasteiger partial charge in [-0.2, -0.15) is 0 Å². The summed E-state index contributed by atoms with van der Waals surface area (Å²) in [5.74, 6) is 1.26. The number of nitrogens with one attached hydrogen (secondary N) is 2. The van der Waals surface area contributed by atoms with Gasteiger partial charge in [-0.25, -0.2) is 4.99 Å². The highest BCUT2D eigenvalue weighted by Gasteiger charge is 2.26. The Bertz CT molecular complexity index is 735. The van der Waals surface area contributed by atoms with Crippen molar-refractivity contribution in [1.82, 2.24) is 15.5 Å². The van der Waals surface area contributed by atoms with Crippen molar-refractivity contribution in [3.8, 4) is 0 Å². The second kappa shape index (κ2) is 11.6. The number of aliphatic hydroxyl groups is 1. The number of halogens is 1. The molecule has 1 fully saturated rings. The lowest BCUT2D eigenvalue weighted by molar-refractivity contribution is 0.0436. The van der Waals surface area contributed by atoms with E-state index in [2.05, 4.69) is 50.9 Å². The maximum Gasteiger partial charge on any atom is 0.191 e. The molecule has 0 bridgehead atoms. The van der Waals surface area contributed by atoms with Gasteiger partial charge in [0.05, 0.1) is 12.8 Å². The van der Waals surface area contributed by atoms with Crippen LogP contribution < -0.4 is 10.6 Å². The van der Waals surface area contributed by atoms with E-state index in [0.717, 1.165) is 45.0 Å². The first-order valence-corrected chi connectivity index (χ1v) is 10.1. The molecule has 0 spiro atoms. The van der Waals surface area contributed by atoms with Crippen molar-refractivity contribution in [2.75, 3.05) is 26.2 Å². The molecule has 0 aliphatic carbocycles. The first-order chi connectivity index (χ1) is 13.6. The molecule has 1 saturated heterocycles. The number of aliphatic imine (C=N–C) groups is 1. The fraction of sp³-hybridized carbons (Fsp3) is 0.500. The number of furan rings is 1. The van der Waals surface area contributed by atoms with Gasteiger partial charge in [-0.05, 0) is 50.9 Å². The van der Waals surface area contributed by atoms with Crippen LogP contribution in [0.4, 0.5) is 0 Å². The van der Waals surface area contributed by atoms with Crippen LogP contribution in [0.5, 0.6) is 0 Å². The zero-order chi connectivity index (χ0) is 19.8. The summed E-state index contributed by atoms with van der Waals surface area (Å²) in [7, 11) is 0. The number of piperidine rings is 1. The van der Waals surface area contributed by atoms with Gasteiger partial charge in [0.2, 0.25) is 0 Å². The van der Waals surface area contributed by atoms with E-state index < -0.39 is 5.60 Å². The molecule has 1 aromatic carbocycles. The normalized spacial score (nSPS) is 19.8. The zero-order valence-corrected chi connectivity index (χ0v) is 19.6. The van der Waals surface area contributed by atoms with E-state index in [1.54, 1.807) is 25.3 Å². The molecule has 2 atom stereocenters. The number of benzene rings is 1. The number of hydrogen-bond donors (Lipinski definition) is 3. The van der Waals surface area contributed by atoms with Gasteiger partial charge in [-0.3, -0.25) is 4.90 Å². The zero-order valence-electron chi connectivity index (χ0n) is 17.3. The number of nitrogens with zero attached hydrogens (tertiary/aromatic N) is 2. The summed E-state index contributed by atoms with van der Waals surface area (Å²) >= 11 is 0. The molecule has 1 aliphatic rings. The van der Waals surface area contributed by atoms with Crippen molar-refractivity contribution in [3.05, 3.63) is 60.1 Å². The maximum absolute atomic E-state index is 10.6. The Morgan fingerprint density at radius 2 is 2.07 bits per heavy atom. The highest BCUT2D eigenvalue weighted by Crippen LogP contribution is 2.21. The first kappa shape index (κ1) is 23.7. The molecule has 3 N–H and O–H groups in total. The average Bonchev–Trinajstić information content (AvgIpc) is 3.23. The molecule has 1 aromatic heterocycles. The molecular formula is C22H33IN4O2. The number of likely N-dealkylation sites (tertiary alicyclic amines) is 1. The van der Waals surface area contributed by atoms with Crippen molar-refractivity contribution >= 4 is 29.9 Å². The van der Waals surface area contributed by atoms with E-state index in [9.17, 15) is 5.11 Å². The van der Waals surface area contributed by atoms with E-state index in [4.69, 9.17) is 4.42 Å². The Morgan fingerprint density at radius 3 is 2.76 bits per heavy atom. The molecule has 160 valence electrons. The predicted octanol–water partition coefficient (Wildman–Crippen LogP) is 3.32. The van der Waals surface area contributed by atoms with Gasteiger partial charge in [0, 0.05) is 25.7 Å². The van der Waals surface area contributed by atoms with Crippen molar-refractivity contribution in [2.45, 2.75) is 44.9 Å². The Morgan fingerprint density at radius 1 is 1.28 bits per heavy atom. The van der Waals surface area contributed by atoms with Crippen LogP contribution in [0.15, 0.2) is 58.1 Å². The molecular weight excluding hydrogens is 479 g/mol. The van der Waals surface area contributed by atoms with E-state index >= 15 is 0 Å². The second-order valence-electron chi connectivity index (χ2n) is 7.65. The van der Waals surface area contributed by atoms with E-state index in [-0.39, 0.29) is 30.5 Å². The summed E-state index contributed by atoms with van der Waals surface area (Å²) in [6.45, 7) is 7.85. The molecule has 29 heavy (non-hydrogen) atoms. The first-order valence-electron chi connectivity index (χ1n) is 10.1. The summed E-state index contributed by atoms with van der Waals surface area (Å²) in [6.07, 6.45) is 3.85. The Balaban J connectivity index is 0.00000300. The summed E-state index contributed by atoms with van der Waals surface area (Å²) in [5.41, 5.74) is 0.218. The highest BCUT2D eigenvalue weighted by atomic mass is 127. The fourth-order valence-electron chi connectivity index (χ4n) is 3.57. The van der Waals surface area contributed by atoms with E-state index in [0.29, 0.717) is 11.8 Å². The second-order valence-corrected chi connectivity index (χ2v) is 7.65. The largest absolute Gasteiger partial charge is 0.466 e. The summed E-state index contributed by atoms with van der Waals surface area (Å²) in [5, 5.41) is 17.5. The number of hydrogen-bond acceptors (Lipinski definition) is 4. The lowest BCUT2D eigenvalue weighted by atomic mass is 10.0. The maximum atomic E-state index is 10.6. The van der Waals surface area contributed by atoms with Gasteiger partial charge in [-0.1, -0.05) is 30.3 Å². The smallest absolute Gasteiger partial charge is 0.191 e. The van der Waals surface area contributed by atoms with Crippen LogP contribution >= 0.6 is 24.0 Å². The van der Waals surface area contributed by atoms with E-state index in [1.165, 1.54) is 5.56 Å². The quantitative estimate of drug-likeness (QED) is 0.302. The van der Waals surface area contributed by atoms with Crippen LogP contribution in [0.25, 0.3) is 0 Å². The highest BCUT2D eigenvalue weighted by molar-refractivity contribution is 14.0. The molecule has 2 unspecified atom stereocenters. The summed E-state index contributed by atoms with van der Waals surface area (Å²) < 4.78 is 5.34.